The van der Waals surface area contributed by atoms with Crippen molar-refractivity contribution in [2.75, 3.05) is 5.73 Å². The fourth-order valence-corrected chi connectivity index (χ4v) is 2.38. The van der Waals surface area contributed by atoms with E-state index in [0.717, 1.165) is 0 Å². The average molecular weight is 385 g/mol. The van der Waals surface area contributed by atoms with Crippen molar-refractivity contribution in [3.05, 3.63) is 51.3 Å². The second kappa shape index (κ2) is 8.03. The van der Waals surface area contributed by atoms with Crippen LogP contribution < -0.4 is 11.2 Å². The number of nitrogens with zero attached hydrogens (tertiary/aromatic N) is 7. The van der Waals surface area contributed by atoms with Gasteiger partial charge in [0.15, 0.2) is 5.69 Å². The molecule has 3 N–H and O–H groups in total. The van der Waals surface area contributed by atoms with E-state index in [4.69, 9.17) is 5.73 Å². The highest BCUT2D eigenvalue weighted by atomic mass is 16.6. The van der Waals surface area contributed by atoms with Gasteiger partial charge in [-0.3, -0.25) is 14.9 Å². The minimum atomic E-state index is -0.605. The van der Waals surface area contributed by atoms with Crippen LogP contribution in [0.4, 0.5) is 11.5 Å². The lowest BCUT2D eigenvalue weighted by Crippen LogP contribution is -2.20. The van der Waals surface area contributed by atoms with E-state index in [2.05, 4.69) is 35.8 Å². The van der Waals surface area contributed by atoms with Gasteiger partial charge in [0.25, 0.3) is 11.6 Å². The molecule has 2 heterocycles. The molecule has 0 aliphatic carbocycles. The summed E-state index contributed by atoms with van der Waals surface area (Å²) in [5, 5.41) is 29.5. The summed E-state index contributed by atoms with van der Waals surface area (Å²) in [7, 11) is 0. The van der Waals surface area contributed by atoms with Gasteiger partial charge in [-0.05, 0) is 16.7 Å². The first-order chi connectivity index (χ1) is 13.5. The third-order valence-electron chi connectivity index (χ3n) is 3.62. The Morgan fingerprint density at radius 3 is 2.96 bits per heavy atom. The van der Waals surface area contributed by atoms with Gasteiger partial charge in [0, 0.05) is 17.7 Å². The lowest BCUT2D eigenvalue weighted by molar-refractivity contribution is -0.384. The molecule has 0 saturated carbocycles. The van der Waals surface area contributed by atoms with E-state index >= 15 is 0 Å². The number of anilines is 1. The largest absolute Gasteiger partial charge is 0.378 e. The second-order valence-corrected chi connectivity index (χ2v) is 5.57. The maximum Gasteiger partial charge on any atom is 0.293 e. The van der Waals surface area contributed by atoms with Crippen molar-refractivity contribution >= 4 is 23.6 Å². The molecule has 0 atom stereocenters. The molecule has 1 aromatic carbocycles. The highest BCUT2D eigenvalue weighted by Gasteiger charge is 2.23. The number of nitro groups is 1. The number of nitrogens with two attached hydrogens (primary N) is 1. The number of carbonyl (C=O) groups excluding carboxylic acids is 1. The van der Waals surface area contributed by atoms with E-state index in [1.165, 1.54) is 29.1 Å². The van der Waals surface area contributed by atoms with Gasteiger partial charge < -0.3 is 5.73 Å². The summed E-state index contributed by atoms with van der Waals surface area (Å²) in [5.41, 5.74) is 8.87. The molecule has 13 nitrogen and oxygen atoms in total. The molecular weight excluding hydrogens is 370 g/mol. The van der Waals surface area contributed by atoms with E-state index in [1.807, 2.05) is 6.92 Å². The normalized spacial score (nSPS) is 11.0. The predicted molar refractivity (Wildman–Crippen MR) is 95.8 cm³/mol. The van der Waals surface area contributed by atoms with Gasteiger partial charge in [-0.25, -0.2) is 10.1 Å². The smallest absolute Gasteiger partial charge is 0.293 e. The van der Waals surface area contributed by atoms with Crippen molar-refractivity contribution in [3.8, 4) is 5.82 Å². The average Bonchev–Trinajstić information content (AvgIpc) is 3.28. The summed E-state index contributed by atoms with van der Waals surface area (Å²) >= 11 is 0. The first-order valence-electron chi connectivity index (χ1n) is 8.12. The van der Waals surface area contributed by atoms with Crippen LogP contribution in [0.2, 0.25) is 0 Å². The van der Waals surface area contributed by atoms with Crippen molar-refractivity contribution in [1.29, 1.82) is 0 Å². The Balaban J connectivity index is 1.79. The number of nitro benzene ring substituents is 1. The number of aromatic nitrogens is 5. The molecule has 2 aromatic heterocycles. The van der Waals surface area contributed by atoms with Crippen LogP contribution in [-0.2, 0) is 6.42 Å². The van der Waals surface area contributed by atoms with Gasteiger partial charge >= 0.3 is 0 Å². The van der Waals surface area contributed by atoms with E-state index in [1.54, 1.807) is 6.07 Å². The van der Waals surface area contributed by atoms with Crippen LogP contribution in [0.15, 0.2) is 34.0 Å². The Bertz CT molecular complexity index is 1040. The molecule has 0 unspecified atom stereocenters. The number of hydrogen-bond donors (Lipinski definition) is 2. The maximum absolute atomic E-state index is 12.4. The van der Waals surface area contributed by atoms with Crippen molar-refractivity contribution < 1.29 is 14.3 Å². The van der Waals surface area contributed by atoms with Gasteiger partial charge in [-0.1, -0.05) is 30.7 Å². The zero-order chi connectivity index (χ0) is 20.1. The molecule has 0 spiro atoms. The Labute approximate surface area is 157 Å². The third kappa shape index (κ3) is 3.82. The molecule has 28 heavy (non-hydrogen) atoms. The van der Waals surface area contributed by atoms with E-state index in [-0.39, 0.29) is 23.0 Å². The molecule has 0 bridgehead atoms. The molecule has 3 aromatic rings. The molecule has 0 aliphatic heterocycles. The monoisotopic (exact) mass is 385 g/mol. The first kappa shape index (κ1) is 18.6. The maximum atomic E-state index is 12.4. The van der Waals surface area contributed by atoms with Gasteiger partial charge in [0.05, 0.1) is 16.8 Å². The molecule has 144 valence electrons. The quantitative estimate of drug-likeness (QED) is 0.338. The number of amides is 1. The minimum Gasteiger partial charge on any atom is -0.378 e. The number of nitrogens with one attached hydrogen (secondary N) is 1. The Hall–Kier alpha value is -4.16. The number of hydrogen-bond acceptors (Lipinski definition) is 10. The SMILES string of the molecule is CCCc1c(C(=O)N/N=C\c2cccc([N+](=O)[O-])c2)nnn1-c1nonc1N. The Morgan fingerprint density at radius 1 is 1.46 bits per heavy atom. The van der Waals surface area contributed by atoms with Crippen LogP contribution in [0.25, 0.3) is 5.82 Å². The minimum absolute atomic E-state index is 0.0119. The van der Waals surface area contributed by atoms with E-state index < -0.39 is 10.8 Å². The number of rotatable bonds is 7. The molecule has 0 fully saturated rings. The van der Waals surface area contributed by atoms with Crippen molar-refractivity contribution in [2.45, 2.75) is 19.8 Å². The number of nitrogen functional groups attached to an aromatic ring is 1. The summed E-state index contributed by atoms with van der Waals surface area (Å²) in [6.07, 6.45) is 2.46. The van der Waals surface area contributed by atoms with Crippen LogP contribution in [-0.4, -0.2) is 42.4 Å². The first-order valence-corrected chi connectivity index (χ1v) is 8.12. The zero-order valence-electron chi connectivity index (χ0n) is 14.6. The van der Waals surface area contributed by atoms with Crippen molar-refractivity contribution in [1.82, 2.24) is 30.7 Å². The second-order valence-electron chi connectivity index (χ2n) is 5.57. The summed E-state index contributed by atoms with van der Waals surface area (Å²) < 4.78 is 5.84. The summed E-state index contributed by atoms with van der Waals surface area (Å²) in [5.74, 6) is -0.459. The lowest BCUT2D eigenvalue weighted by Gasteiger charge is -2.03. The van der Waals surface area contributed by atoms with Crippen molar-refractivity contribution in [2.24, 2.45) is 5.10 Å². The van der Waals surface area contributed by atoms with Crippen LogP contribution in [0.1, 0.15) is 35.1 Å². The topological polar surface area (TPSA) is 180 Å². The highest BCUT2D eigenvalue weighted by Crippen LogP contribution is 2.17. The van der Waals surface area contributed by atoms with Gasteiger partial charge in [-0.2, -0.15) is 9.78 Å². The van der Waals surface area contributed by atoms with Crippen LogP contribution in [0, 0.1) is 10.1 Å². The fourth-order valence-electron chi connectivity index (χ4n) is 2.38. The van der Waals surface area contributed by atoms with Crippen molar-refractivity contribution in [3.63, 3.8) is 0 Å². The number of non-ortho nitro benzene ring substituents is 1. The van der Waals surface area contributed by atoms with Gasteiger partial charge in [-0.15, -0.1) is 5.10 Å². The van der Waals surface area contributed by atoms with Crippen LogP contribution >= 0.6 is 0 Å². The van der Waals surface area contributed by atoms with Gasteiger partial charge in [0.1, 0.15) is 0 Å². The number of benzene rings is 1. The Morgan fingerprint density at radius 2 is 2.29 bits per heavy atom. The Kier molecular flexibility index (Phi) is 5.34. The third-order valence-corrected chi connectivity index (χ3v) is 3.62. The molecule has 1 amide bonds. The summed E-state index contributed by atoms with van der Waals surface area (Å²) in [6.45, 7) is 1.92. The summed E-state index contributed by atoms with van der Waals surface area (Å²) in [6, 6.07) is 5.81. The standard InChI is InChI=1S/C15H15N9O4/c1-2-4-11-12(18-22-23(11)14-13(16)20-28-21-14)15(25)19-17-8-9-5-3-6-10(7-9)24(26)27/h3,5-8H,2,4H2,1H3,(H2,16,20)(H,19,25)/b17-8-. The van der Waals surface area contributed by atoms with Crippen LogP contribution in [0.3, 0.4) is 0 Å². The van der Waals surface area contributed by atoms with E-state index in [9.17, 15) is 14.9 Å². The van der Waals surface area contributed by atoms with E-state index in [0.29, 0.717) is 24.1 Å². The molecular formula is C15H15N9O4. The number of hydrazone groups is 1. The molecule has 13 heteroatoms. The molecule has 0 radical (unpaired) electrons. The molecule has 0 aliphatic rings. The molecule has 0 saturated heterocycles. The lowest BCUT2D eigenvalue weighted by atomic mass is 10.2. The van der Waals surface area contributed by atoms with Gasteiger partial charge in [0.2, 0.25) is 11.6 Å². The fraction of sp³-hybridized carbons (Fsp3) is 0.200. The number of carbonyl (C=O) groups is 1. The molecule has 3 rings (SSSR count). The highest BCUT2D eigenvalue weighted by molar-refractivity contribution is 5.94. The van der Waals surface area contributed by atoms with Crippen LogP contribution in [0.5, 0.6) is 0 Å². The summed E-state index contributed by atoms with van der Waals surface area (Å²) in [4.78, 5) is 22.7. The predicted octanol–water partition coefficient (Wildman–Crippen LogP) is 0.857. The zero-order valence-corrected chi connectivity index (χ0v) is 14.6.